The second-order valence-electron chi connectivity index (χ2n) is 5.19. The van der Waals surface area contributed by atoms with Gasteiger partial charge in [0.1, 0.15) is 5.69 Å². The van der Waals surface area contributed by atoms with Crippen molar-refractivity contribution in [3.05, 3.63) is 21.3 Å². The molecule has 110 valence electrons. The molecule has 1 aliphatic heterocycles. The van der Waals surface area contributed by atoms with Crippen molar-refractivity contribution in [2.75, 3.05) is 24.1 Å². The monoisotopic (exact) mass is 299 g/mol. The molecule has 0 amide bonds. The average Bonchev–Trinajstić information content (AvgIpc) is 2.82. The fourth-order valence-electron chi connectivity index (χ4n) is 2.39. The highest BCUT2D eigenvalue weighted by Gasteiger charge is 2.29. The molecule has 1 fully saturated rings. The van der Waals surface area contributed by atoms with Crippen LogP contribution in [0.15, 0.2) is 6.20 Å². The van der Waals surface area contributed by atoms with E-state index in [4.69, 9.17) is 17.3 Å². The highest BCUT2D eigenvalue weighted by Crippen LogP contribution is 2.36. The van der Waals surface area contributed by atoms with E-state index in [0.717, 1.165) is 19.5 Å². The van der Waals surface area contributed by atoms with Crippen LogP contribution in [0.3, 0.4) is 0 Å². The van der Waals surface area contributed by atoms with E-state index in [1.807, 2.05) is 0 Å². The molecular formula is C12H18ClN5O2. The van der Waals surface area contributed by atoms with Crippen molar-refractivity contribution in [1.82, 2.24) is 9.88 Å². The van der Waals surface area contributed by atoms with Crippen LogP contribution < -0.4 is 11.1 Å². The van der Waals surface area contributed by atoms with Crippen molar-refractivity contribution < 1.29 is 4.92 Å². The molecule has 7 nitrogen and oxygen atoms in total. The van der Waals surface area contributed by atoms with Crippen LogP contribution in [0.5, 0.6) is 0 Å². The van der Waals surface area contributed by atoms with Crippen LogP contribution in [0.4, 0.5) is 17.2 Å². The largest absolute Gasteiger partial charge is 0.378 e. The van der Waals surface area contributed by atoms with E-state index in [9.17, 15) is 10.1 Å². The second kappa shape index (κ2) is 5.80. The van der Waals surface area contributed by atoms with Crippen molar-refractivity contribution in [3.8, 4) is 0 Å². The molecule has 0 aliphatic carbocycles. The smallest absolute Gasteiger partial charge is 0.335 e. The molecule has 0 spiro atoms. The molecule has 2 heterocycles. The van der Waals surface area contributed by atoms with Crippen LogP contribution in [0.1, 0.15) is 20.3 Å². The second-order valence-corrected chi connectivity index (χ2v) is 5.60. The SMILES string of the molecule is CC(C)N1CC[C@H](Nc2c(Cl)cnc(N)c2[N+](=O)[O-])C1. The predicted molar refractivity (Wildman–Crippen MR) is 79.1 cm³/mol. The molecule has 20 heavy (non-hydrogen) atoms. The Bertz CT molecular complexity index is 523. The van der Waals surface area contributed by atoms with E-state index in [1.165, 1.54) is 6.20 Å². The van der Waals surface area contributed by atoms with Gasteiger partial charge >= 0.3 is 5.69 Å². The first-order chi connectivity index (χ1) is 9.40. The number of hydrogen-bond acceptors (Lipinski definition) is 6. The molecule has 8 heteroatoms. The Balaban J connectivity index is 2.22. The molecule has 0 aromatic carbocycles. The zero-order chi connectivity index (χ0) is 14.9. The summed E-state index contributed by atoms with van der Waals surface area (Å²) in [5, 5.41) is 14.5. The van der Waals surface area contributed by atoms with Gasteiger partial charge in [-0.15, -0.1) is 0 Å². The van der Waals surface area contributed by atoms with E-state index in [1.54, 1.807) is 0 Å². The lowest BCUT2D eigenvalue weighted by atomic mass is 10.2. The number of halogens is 1. The molecule has 1 saturated heterocycles. The van der Waals surface area contributed by atoms with Crippen LogP contribution >= 0.6 is 11.6 Å². The molecule has 0 bridgehead atoms. The van der Waals surface area contributed by atoms with Gasteiger partial charge in [-0.25, -0.2) is 4.98 Å². The molecule has 1 aliphatic rings. The summed E-state index contributed by atoms with van der Waals surface area (Å²) in [6.07, 6.45) is 2.25. The molecule has 1 atom stereocenters. The van der Waals surface area contributed by atoms with Gasteiger partial charge in [0, 0.05) is 25.2 Å². The summed E-state index contributed by atoms with van der Waals surface area (Å²) in [5.41, 5.74) is 5.59. The molecule has 3 N–H and O–H groups in total. The van der Waals surface area contributed by atoms with Crippen LogP contribution in [0, 0.1) is 10.1 Å². The summed E-state index contributed by atoms with van der Waals surface area (Å²) in [7, 11) is 0. The van der Waals surface area contributed by atoms with Gasteiger partial charge in [-0.3, -0.25) is 15.0 Å². The van der Waals surface area contributed by atoms with Gasteiger partial charge in [0.25, 0.3) is 0 Å². The van der Waals surface area contributed by atoms with Crippen molar-refractivity contribution in [1.29, 1.82) is 0 Å². The van der Waals surface area contributed by atoms with Crippen LogP contribution in [-0.2, 0) is 0 Å². The Hall–Kier alpha value is -1.60. The minimum Gasteiger partial charge on any atom is -0.378 e. The number of nitro groups is 1. The van der Waals surface area contributed by atoms with E-state index in [-0.39, 0.29) is 28.3 Å². The maximum absolute atomic E-state index is 11.1. The summed E-state index contributed by atoms with van der Waals surface area (Å²) >= 11 is 6.02. The summed E-state index contributed by atoms with van der Waals surface area (Å²) in [4.78, 5) is 16.6. The van der Waals surface area contributed by atoms with E-state index >= 15 is 0 Å². The third-order valence-corrected chi connectivity index (χ3v) is 3.80. The number of nitrogens with one attached hydrogen (secondary N) is 1. The third kappa shape index (κ3) is 2.94. The van der Waals surface area contributed by atoms with E-state index in [2.05, 4.69) is 29.0 Å². The van der Waals surface area contributed by atoms with Gasteiger partial charge < -0.3 is 11.1 Å². The number of nitrogen functional groups attached to an aromatic ring is 1. The van der Waals surface area contributed by atoms with Crippen LogP contribution in [-0.4, -0.2) is 40.0 Å². The molecule has 0 unspecified atom stereocenters. The molecular weight excluding hydrogens is 282 g/mol. The summed E-state index contributed by atoms with van der Waals surface area (Å²) in [5.74, 6) is -0.124. The summed E-state index contributed by atoms with van der Waals surface area (Å²) in [6.45, 7) is 6.04. The molecule has 1 aromatic heterocycles. The number of likely N-dealkylation sites (tertiary alicyclic amines) is 1. The van der Waals surface area contributed by atoms with Crippen molar-refractivity contribution in [2.45, 2.75) is 32.4 Å². The number of nitrogens with two attached hydrogens (primary N) is 1. The van der Waals surface area contributed by atoms with Crippen molar-refractivity contribution in [2.24, 2.45) is 0 Å². The minimum atomic E-state index is -0.550. The Morgan fingerprint density at radius 2 is 2.35 bits per heavy atom. The summed E-state index contributed by atoms with van der Waals surface area (Å²) < 4.78 is 0. The Labute approximate surface area is 122 Å². The third-order valence-electron chi connectivity index (χ3n) is 3.52. The molecule has 0 saturated carbocycles. The van der Waals surface area contributed by atoms with Gasteiger partial charge in [0.2, 0.25) is 5.82 Å². The normalized spacial score (nSPS) is 19.5. The number of nitrogens with zero attached hydrogens (tertiary/aromatic N) is 3. The van der Waals surface area contributed by atoms with Crippen molar-refractivity contribution in [3.63, 3.8) is 0 Å². The lowest BCUT2D eigenvalue weighted by Gasteiger charge is -2.21. The molecule has 0 radical (unpaired) electrons. The fourth-order valence-corrected chi connectivity index (χ4v) is 2.59. The van der Waals surface area contributed by atoms with E-state index < -0.39 is 4.92 Å². The topological polar surface area (TPSA) is 97.3 Å². The van der Waals surface area contributed by atoms with Crippen LogP contribution in [0.25, 0.3) is 0 Å². The van der Waals surface area contributed by atoms with Gasteiger partial charge in [-0.1, -0.05) is 11.6 Å². The minimum absolute atomic E-state index is 0.121. The Morgan fingerprint density at radius 3 is 2.90 bits per heavy atom. The first-order valence-electron chi connectivity index (χ1n) is 6.49. The first kappa shape index (κ1) is 14.8. The van der Waals surface area contributed by atoms with Gasteiger partial charge in [-0.2, -0.15) is 0 Å². The zero-order valence-electron chi connectivity index (χ0n) is 11.5. The Morgan fingerprint density at radius 1 is 1.65 bits per heavy atom. The number of aromatic nitrogens is 1. The quantitative estimate of drug-likeness (QED) is 0.653. The lowest BCUT2D eigenvalue weighted by Crippen LogP contribution is -2.31. The number of hydrogen-bond donors (Lipinski definition) is 2. The zero-order valence-corrected chi connectivity index (χ0v) is 12.2. The van der Waals surface area contributed by atoms with Gasteiger partial charge in [0.15, 0.2) is 0 Å². The highest BCUT2D eigenvalue weighted by atomic mass is 35.5. The van der Waals surface area contributed by atoms with Gasteiger partial charge in [0.05, 0.1) is 16.1 Å². The number of rotatable bonds is 4. The standard InChI is InChI=1S/C12H18ClN5O2/c1-7(2)17-4-3-8(6-17)16-10-9(13)5-15-12(14)11(10)18(19)20/h5,7-8H,3-4,6H2,1-2H3,(H3,14,15,16)/t8-/m0/s1. The lowest BCUT2D eigenvalue weighted by molar-refractivity contribution is -0.383. The van der Waals surface area contributed by atoms with Gasteiger partial charge in [-0.05, 0) is 20.3 Å². The fraction of sp³-hybridized carbons (Fsp3) is 0.583. The predicted octanol–water partition coefficient (Wildman–Crippen LogP) is 2.12. The van der Waals surface area contributed by atoms with E-state index in [0.29, 0.717) is 6.04 Å². The maximum atomic E-state index is 11.1. The Kier molecular flexibility index (Phi) is 4.29. The average molecular weight is 300 g/mol. The van der Waals surface area contributed by atoms with Crippen LogP contribution in [0.2, 0.25) is 5.02 Å². The number of pyridine rings is 1. The van der Waals surface area contributed by atoms with Crippen molar-refractivity contribution >= 4 is 28.8 Å². The maximum Gasteiger partial charge on any atom is 0.335 e. The molecule has 2 rings (SSSR count). The highest BCUT2D eigenvalue weighted by molar-refractivity contribution is 6.33. The molecule has 1 aromatic rings. The first-order valence-corrected chi connectivity index (χ1v) is 6.87. The number of anilines is 2. The summed E-state index contributed by atoms with van der Waals surface area (Å²) in [6, 6.07) is 0.574.